The molecule has 0 radical (unpaired) electrons. The summed E-state index contributed by atoms with van der Waals surface area (Å²) in [6, 6.07) is 7.23. The molecule has 2 aliphatic heterocycles. The van der Waals surface area contributed by atoms with E-state index in [4.69, 9.17) is 4.74 Å². The van der Waals surface area contributed by atoms with Gasteiger partial charge in [0.05, 0.1) is 18.1 Å². The Morgan fingerprint density at radius 1 is 1.06 bits per heavy atom. The number of nitrogens with one attached hydrogen (secondary N) is 1. The van der Waals surface area contributed by atoms with Gasteiger partial charge in [0.2, 0.25) is 15.9 Å². The van der Waals surface area contributed by atoms with Crippen molar-refractivity contribution >= 4 is 15.9 Å². The van der Waals surface area contributed by atoms with E-state index in [0.29, 0.717) is 30.4 Å². The lowest BCUT2D eigenvalue weighted by molar-refractivity contribution is -0.131. The number of amides is 1. The quantitative estimate of drug-likeness (QED) is 0.516. The van der Waals surface area contributed by atoms with E-state index in [-0.39, 0.29) is 18.9 Å². The summed E-state index contributed by atoms with van der Waals surface area (Å²) in [6.07, 6.45) is 1.86. The number of carbonyl (C=O) groups excluding carboxylic acids is 1. The van der Waals surface area contributed by atoms with Crippen molar-refractivity contribution in [2.75, 3.05) is 72.1 Å². The minimum atomic E-state index is -3.67. The summed E-state index contributed by atoms with van der Waals surface area (Å²) >= 11 is 0. The monoisotopic (exact) mass is 480 g/mol. The first-order valence-corrected chi connectivity index (χ1v) is 13.7. The van der Waals surface area contributed by atoms with Gasteiger partial charge < -0.3 is 15.0 Å². The fraction of sp³-hybridized carbons (Fsp3) is 0.708. The van der Waals surface area contributed by atoms with Gasteiger partial charge in [0.1, 0.15) is 0 Å². The number of piperazine rings is 1. The molecule has 0 spiro atoms. The number of sulfonamides is 1. The highest BCUT2D eigenvalue weighted by atomic mass is 32.2. The first-order valence-electron chi connectivity index (χ1n) is 12.2. The van der Waals surface area contributed by atoms with Gasteiger partial charge in [0.15, 0.2) is 0 Å². The smallest absolute Gasteiger partial charge is 0.243 e. The first-order chi connectivity index (χ1) is 15.9. The third-order valence-corrected chi connectivity index (χ3v) is 8.15. The number of benzene rings is 1. The zero-order valence-electron chi connectivity index (χ0n) is 20.2. The third-order valence-electron chi connectivity index (χ3n) is 6.24. The van der Waals surface area contributed by atoms with Gasteiger partial charge in [-0.25, -0.2) is 8.42 Å². The summed E-state index contributed by atoms with van der Waals surface area (Å²) in [5, 5.41) is 3.24. The molecule has 3 rings (SSSR count). The fourth-order valence-corrected chi connectivity index (χ4v) is 5.84. The van der Waals surface area contributed by atoms with E-state index in [1.54, 1.807) is 12.1 Å². The Hall–Kier alpha value is -1.52. The van der Waals surface area contributed by atoms with Crippen LogP contribution in [0.15, 0.2) is 29.2 Å². The number of nitrogens with zero attached hydrogens (tertiary/aromatic N) is 3. The van der Waals surface area contributed by atoms with E-state index in [9.17, 15) is 13.2 Å². The number of rotatable bonds is 11. The van der Waals surface area contributed by atoms with E-state index in [2.05, 4.69) is 24.1 Å². The van der Waals surface area contributed by atoms with Gasteiger partial charge >= 0.3 is 0 Å². The van der Waals surface area contributed by atoms with Crippen molar-refractivity contribution < 1.29 is 17.9 Å². The first kappa shape index (κ1) is 26.1. The van der Waals surface area contributed by atoms with Gasteiger partial charge in [0.25, 0.3) is 0 Å². The molecule has 0 unspecified atom stereocenters. The average Bonchev–Trinajstić information content (AvgIpc) is 2.82. The van der Waals surface area contributed by atoms with Gasteiger partial charge in [-0.15, -0.1) is 0 Å². The molecule has 33 heavy (non-hydrogen) atoms. The van der Waals surface area contributed by atoms with Crippen LogP contribution in [-0.2, 0) is 26.0 Å². The molecule has 1 amide bonds. The zero-order chi connectivity index (χ0) is 23.7. The molecule has 2 saturated heterocycles. The molecule has 0 saturated carbocycles. The Kier molecular flexibility index (Phi) is 10.1. The molecule has 2 fully saturated rings. The molecule has 2 heterocycles. The number of hydrogen-bond acceptors (Lipinski definition) is 6. The van der Waals surface area contributed by atoms with Gasteiger partial charge in [0, 0.05) is 58.8 Å². The molecule has 8 nitrogen and oxygen atoms in total. The van der Waals surface area contributed by atoms with Crippen LogP contribution in [0.5, 0.6) is 0 Å². The molecule has 2 aliphatic rings. The maximum absolute atomic E-state index is 13.5. The molecular weight excluding hydrogens is 440 g/mol. The van der Waals surface area contributed by atoms with Crippen molar-refractivity contribution in [2.45, 2.75) is 38.0 Å². The lowest BCUT2D eigenvalue weighted by Crippen LogP contribution is -2.47. The van der Waals surface area contributed by atoms with Crippen LogP contribution in [0.2, 0.25) is 0 Å². The predicted molar refractivity (Wildman–Crippen MR) is 130 cm³/mol. The van der Waals surface area contributed by atoms with Crippen LogP contribution in [0.3, 0.4) is 0 Å². The molecule has 9 heteroatoms. The molecule has 0 aliphatic carbocycles. The number of hydrogen-bond donors (Lipinski definition) is 1. The summed E-state index contributed by atoms with van der Waals surface area (Å²) < 4.78 is 33.9. The predicted octanol–water partition coefficient (Wildman–Crippen LogP) is 1.42. The van der Waals surface area contributed by atoms with Crippen molar-refractivity contribution in [3.05, 3.63) is 29.8 Å². The molecule has 0 bridgehead atoms. The zero-order valence-corrected chi connectivity index (χ0v) is 21.0. The van der Waals surface area contributed by atoms with Crippen molar-refractivity contribution in [3.63, 3.8) is 0 Å². The summed E-state index contributed by atoms with van der Waals surface area (Å²) in [7, 11) is -3.67. The van der Waals surface area contributed by atoms with Gasteiger partial charge in [-0.3, -0.25) is 9.69 Å². The summed E-state index contributed by atoms with van der Waals surface area (Å²) in [5.41, 5.74) is 1.14. The Morgan fingerprint density at radius 2 is 1.73 bits per heavy atom. The molecule has 1 N–H and O–H groups in total. The number of morpholine rings is 1. The summed E-state index contributed by atoms with van der Waals surface area (Å²) in [5.74, 6) is 0.539. The molecule has 1 aromatic carbocycles. The van der Waals surface area contributed by atoms with Crippen molar-refractivity contribution in [3.8, 4) is 0 Å². The van der Waals surface area contributed by atoms with Crippen LogP contribution in [0.1, 0.15) is 32.3 Å². The van der Waals surface area contributed by atoms with E-state index in [1.165, 1.54) is 4.31 Å². The van der Waals surface area contributed by atoms with Crippen molar-refractivity contribution in [1.29, 1.82) is 0 Å². The topological polar surface area (TPSA) is 82.2 Å². The van der Waals surface area contributed by atoms with E-state index < -0.39 is 10.0 Å². The Balaban J connectivity index is 1.66. The van der Waals surface area contributed by atoms with Gasteiger partial charge in [-0.2, -0.15) is 4.31 Å². The summed E-state index contributed by atoms with van der Waals surface area (Å²) in [4.78, 5) is 17.1. The maximum Gasteiger partial charge on any atom is 0.243 e. The van der Waals surface area contributed by atoms with Crippen LogP contribution in [0.4, 0.5) is 0 Å². The lowest BCUT2D eigenvalue weighted by atomic mass is 10.0. The molecule has 0 atom stereocenters. The van der Waals surface area contributed by atoms with Crippen molar-refractivity contribution in [1.82, 2.24) is 19.4 Å². The highest BCUT2D eigenvalue weighted by molar-refractivity contribution is 7.89. The second kappa shape index (κ2) is 12.8. The van der Waals surface area contributed by atoms with Crippen molar-refractivity contribution in [2.24, 2.45) is 5.92 Å². The molecule has 186 valence electrons. The van der Waals surface area contributed by atoms with E-state index in [0.717, 1.165) is 64.3 Å². The van der Waals surface area contributed by atoms with Crippen LogP contribution in [0, 0.1) is 5.92 Å². The molecule has 0 aromatic heterocycles. The maximum atomic E-state index is 13.5. The normalized spacial score (nSPS) is 18.2. The lowest BCUT2D eigenvalue weighted by Gasteiger charge is -2.30. The molecule has 1 aromatic rings. The average molecular weight is 481 g/mol. The highest BCUT2D eigenvalue weighted by Crippen LogP contribution is 2.19. The van der Waals surface area contributed by atoms with E-state index >= 15 is 0 Å². The standard InChI is InChI=1S/C24H40N4O4S/c1-21(2)20-22-4-6-23(7-5-22)33(30,31)28(12-3-11-26-16-18-32-19-17-26)13-8-24(29)27-14-9-25-10-15-27/h4-7,21,25H,3,8-20H2,1-2H3. The Labute approximate surface area is 199 Å². The Bertz CT molecular complexity index is 833. The fourth-order valence-electron chi connectivity index (χ4n) is 4.36. The van der Waals surface area contributed by atoms with Gasteiger partial charge in [-0.05, 0) is 43.0 Å². The second-order valence-corrected chi connectivity index (χ2v) is 11.3. The van der Waals surface area contributed by atoms with Gasteiger partial charge in [-0.1, -0.05) is 26.0 Å². The second-order valence-electron chi connectivity index (χ2n) is 9.33. The largest absolute Gasteiger partial charge is 0.379 e. The third kappa shape index (κ3) is 8.03. The minimum absolute atomic E-state index is 0.0251. The molecular formula is C24H40N4O4S. The van der Waals surface area contributed by atoms with Crippen LogP contribution in [-0.4, -0.2) is 101 Å². The van der Waals surface area contributed by atoms with Crippen LogP contribution < -0.4 is 5.32 Å². The summed E-state index contributed by atoms with van der Waals surface area (Å²) in [6.45, 7) is 11.9. The minimum Gasteiger partial charge on any atom is -0.379 e. The van der Waals surface area contributed by atoms with Crippen LogP contribution >= 0.6 is 0 Å². The number of carbonyl (C=O) groups is 1. The van der Waals surface area contributed by atoms with Crippen LogP contribution in [0.25, 0.3) is 0 Å². The Morgan fingerprint density at radius 3 is 2.36 bits per heavy atom. The number of ether oxygens (including phenoxy) is 1. The highest BCUT2D eigenvalue weighted by Gasteiger charge is 2.26. The SMILES string of the molecule is CC(C)Cc1ccc(S(=O)(=O)N(CCCN2CCOCC2)CCC(=O)N2CCNCC2)cc1. The van der Waals surface area contributed by atoms with E-state index in [1.807, 2.05) is 17.0 Å².